The summed E-state index contributed by atoms with van der Waals surface area (Å²) in [7, 11) is 2.99. The summed E-state index contributed by atoms with van der Waals surface area (Å²) in [6, 6.07) is 0. The van der Waals surface area contributed by atoms with E-state index in [4.69, 9.17) is 9.84 Å². The van der Waals surface area contributed by atoms with Crippen molar-refractivity contribution in [2.24, 2.45) is 34.5 Å². The van der Waals surface area contributed by atoms with Crippen molar-refractivity contribution in [3.63, 3.8) is 0 Å². The second kappa shape index (κ2) is 8.66. The van der Waals surface area contributed by atoms with Crippen LogP contribution in [0, 0.1) is 34.5 Å². The standard InChI is InChI=1S/C24H37NO6/c1-14-15(12-20(29)25(4)10-11-26)6-7-16-21(14)17(27)13-18-23(16,2)9-8-19(28)24(18,3)22(30)31-5/h12,14,16,18-19,21,26,28H,6-11,13H2,1-5H3. The summed E-state index contributed by atoms with van der Waals surface area (Å²) in [5.74, 6) is -0.871. The number of fused-ring (bicyclic) bond motifs is 3. The summed E-state index contributed by atoms with van der Waals surface area (Å²) >= 11 is 0. The number of allylic oxidation sites excluding steroid dienone is 1. The first-order valence-electron chi connectivity index (χ1n) is 11.4. The number of nitrogens with zero attached hydrogens (tertiary/aromatic N) is 1. The molecule has 1 amide bonds. The van der Waals surface area contributed by atoms with E-state index in [-0.39, 0.29) is 60.3 Å². The Labute approximate surface area is 184 Å². The minimum Gasteiger partial charge on any atom is -0.469 e. The second-order valence-electron chi connectivity index (χ2n) is 10.2. The molecule has 0 aromatic heterocycles. The Hall–Kier alpha value is -1.73. The van der Waals surface area contributed by atoms with Crippen LogP contribution in [0.25, 0.3) is 0 Å². The maximum absolute atomic E-state index is 13.4. The molecule has 0 bridgehead atoms. The number of hydrogen-bond acceptors (Lipinski definition) is 6. The van der Waals surface area contributed by atoms with Crippen molar-refractivity contribution in [1.29, 1.82) is 0 Å². The van der Waals surface area contributed by atoms with Crippen molar-refractivity contribution in [1.82, 2.24) is 4.90 Å². The van der Waals surface area contributed by atoms with E-state index in [2.05, 4.69) is 6.92 Å². The molecular weight excluding hydrogens is 398 g/mol. The van der Waals surface area contributed by atoms with Crippen molar-refractivity contribution in [2.45, 2.75) is 59.0 Å². The number of rotatable bonds is 4. The van der Waals surface area contributed by atoms with E-state index in [0.717, 1.165) is 24.8 Å². The van der Waals surface area contributed by atoms with Gasteiger partial charge in [0.1, 0.15) is 5.78 Å². The average Bonchev–Trinajstić information content (AvgIpc) is 2.74. The molecule has 3 fully saturated rings. The molecule has 3 aliphatic carbocycles. The van der Waals surface area contributed by atoms with Crippen molar-refractivity contribution in [3.05, 3.63) is 11.6 Å². The summed E-state index contributed by atoms with van der Waals surface area (Å²) in [6.07, 6.45) is 3.86. The normalized spacial score (nSPS) is 41.3. The number of Topliss-reactive ketones (excluding diaryl/α,β-unsaturated/α-hetero) is 1. The van der Waals surface area contributed by atoms with Crippen LogP contribution in [0.15, 0.2) is 11.6 Å². The molecule has 174 valence electrons. The fourth-order valence-electron chi connectivity index (χ4n) is 6.85. The van der Waals surface area contributed by atoms with Gasteiger partial charge in [0.25, 0.3) is 0 Å². The van der Waals surface area contributed by atoms with E-state index in [0.29, 0.717) is 6.42 Å². The van der Waals surface area contributed by atoms with Gasteiger partial charge in [0.05, 0.1) is 25.2 Å². The zero-order valence-electron chi connectivity index (χ0n) is 19.4. The first-order chi connectivity index (χ1) is 14.5. The topological polar surface area (TPSA) is 104 Å². The first-order valence-corrected chi connectivity index (χ1v) is 11.4. The molecule has 2 N–H and O–H groups in total. The number of aliphatic hydroxyl groups excluding tert-OH is 2. The van der Waals surface area contributed by atoms with Gasteiger partial charge >= 0.3 is 5.97 Å². The van der Waals surface area contributed by atoms with Gasteiger partial charge in [0.15, 0.2) is 0 Å². The molecule has 0 aromatic carbocycles. The van der Waals surface area contributed by atoms with E-state index < -0.39 is 17.5 Å². The minimum atomic E-state index is -1.09. The number of hydrogen-bond donors (Lipinski definition) is 2. The third-order valence-electron chi connectivity index (χ3n) is 8.84. The van der Waals surface area contributed by atoms with Crippen LogP contribution in [0.3, 0.4) is 0 Å². The van der Waals surface area contributed by atoms with Gasteiger partial charge in [-0.1, -0.05) is 19.4 Å². The third-order valence-corrected chi connectivity index (χ3v) is 8.84. The van der Waals surface area contributed by atoms with Crippen LogP contribution in [0.2, 0.25) is 0 Å². The molecule has 7 heteroatoms. The highest BCUT2D eigenvalue weighted by atomic mass is 16.5. The Morgan fingerprint density at radius 2 is 1.97 bits per heavy atom. The lowest BCUT2D eigenvalue weighted by molar-refractivity contribution is -0.197. The summed E-state index contributed by atoms with van der Waals surface area (Å²) in [5.41, 5.74) is -0.360. The summed E-state index contributed by atoms with van der Waals surface area (Å²) in [5, 5.41) is 19.9. The van der Waals surface area contributed by atoms with Gasteiger partial charge in [-0.15, -0.1) is 0 Å². The molecule has 0 aromatic rings. The summed E-state index contributed by atoms with van der Waals surface area (Å²) < 4.78 is 5.07. The van der Waals surface area contributed by atoms with Crippen LogP contribution in [0.1, 0.15) is 52.9 Å². The van der Waals surface area contributed by atoms with E-state index in [1.807, 2.05) is 6.92 Å². The Balaban J connectivity index is 1.92. The van der Waals surface area contributed by atoms with Crippen molar-refractivity contribution in [3.8, 4) is 0 Å². The van der Waals surface area contributed by atoms with Crippen LogP contribution in [-0.2, 0) is 19.1 Å². The highest BCUT2D eigenvalue weighted by Crippen LogP contribution is 2.64. The first kappa shape index (κ1) is 23.9. The molecule has 7 nitrogen and oxygen atoms in total. The molecule has 7 unspecified atom stereocenters. The number of methoxy groups -OCH3 is 1. The van der Waals surface area contributed by atoms with Gasteiger partial charge in [-0.3, -0.25) is 14.4 Å². The van der Waals surface area contributed by atoms with Gasteiger partial charge in [-0.25, -0.2) is 0 Å². The van der Waals surface area contributed by atoms with Crippen LogP contribution in [0.5, 0.6) is 0 Å². The van der Waals surface area contributed by atoms with E-state index in [9.17, 15) is 19.5 Å². The smallest absolute Gasteiger partial charge is 0.314 e. The molecule has 0 spiro atoms. The van der Waals surface area contributed by atoms with Gasteiger partial charge in [0.2, 0.25) is 5.91 Å². The lowest BCUT2D eigenvalue weighted by Gasteiger charge is -2.61. The number of ketones is 1. The summed E-state index contributed by atoms with van der Waals surface area (Å²) in [4.78, 5) is 40.1. The van der Waals surface area contributed by atoms with E-state index in [1.54, 1.807) is 20.0 Å². The fourth-order valence-corrected chi connectivity index (χ4v) is 6.85. The number of carbonyl (C=O) groups is 3. The highest BCUT2D eigenvalue weighted by Gasteiger charge is 2.65. The van der Waals surface area contributed by atoms with E-state index >= 15 is 0 Å². The maximum Gasteiger partial charge on any atom is 0.314 e. The number of carbonyl (C=O) groups excluding carboxylic acids is 3. The van der Waals surface area contributed by atoms with Crippen LogP contribution in [0.4, 0.5) is 0 Å². The Morgan fingerprint density at radius 3 is 2.58 bits per heavy atom. The van der Waals surface area contributed by atoms with Gasteiger partial charge in [-0.05, 0) is 55.8 Å². The lowest BCUT2D eigenvalue weighted by Crippen LogP contribution is -2.63. The molecule has 7 atom stereocenters. The summed E-state index contributed by atoms with van der Waals surface area (Å²) in [6.45, 7) is 6.15. The SMILES string of the molecule is COC(=O)C1(C)C(O)CCC2(C)C3CCC(=CC(=O)N(C)CCO)C(C)C3C(=O)CC21. The predicted molar refractivity (Wildman–Crippen MR) is 115 cm³/mol. The second-order valence-corrected chi connectivity index (χ2v) is 10.2. The number of likely N-dealkylation sites (N-methyl/N-ethyl adjacent to an activating group) is 1. The van der Waals surface area contributed by atoms with Crippen LogP contribution < -0.4 is 0 Å². The van der Waals surface area contributed by atoms with Gasteiger partial charge in [-0.2, -0.15) is 0 Å². The molecule has 3 aliphatic rings. The number of aliphatic hydroxyl groups is 2. The van der Waals surface area contributed by atoms with Crippen molar-refractivity contribution in [2.75, 3.05) is 27.3 Å². The molecule has 3 saturated carbocycles. The van der Waals surface area contributed by atoms with Crippen LogP contribution >= 0.6 is 0 Å². The zero-order chi connectivity index (χ0) is 23.1. The Bertz CT molecular complexity index is 778. The number of esters is 1. The quantitative estimate of drug-likeness (QED) is 0.517. The van der Waals surface area contributed by atoms with Gasteiger partial charge < -0.3 is 19.8 Å². The monoisotopic (exact) mass is 435 g/mol. The Kier molecular flexibility index (Phi) is 6.68. The molecule has 0 aliphatic heterocycles. The average molecular weight is 436 g/mol. The predicted octanol–water partition coefficient (Wildman–Crippen LogP) is 1.96. The number of amides is 1. The van der Waals surface area contributed by atoms with E-state index in [1.165, 1.54) is 12.0 Å². The molecular formula is C24H37NO6. The van der Waals surface area contributed by atoms with Crippen molar-refractivity contribution >= 4 is 17.7 Å². The molecule has 0 heterocycles. The largest absolute Gasteiger partial charge is 0.469 e. The van der Waals surface area contributed by atoms with Gasteiger partial charge in [0, 0.05) is 32.0 Å². The molecule has 31 heavy (non-hydrogen) atoms. The van der Waals surface area contributed by atoms with Crippen molar-refractivity contribution < 1.29 is 29.3 Å². The maximum atomic E-state index is 13.4. The minimum absolute atomic E-state index is 0.0493. The zero-order valence-corrected chi connectivity index (χ0v) is 19.4. The lowest BCUT2D eigenvalue weighted by atomic mass is 9.42. The molecule has 3 rings (SSSR count). The Morgan fingerprint density at radius 1 is 1.29 bits per heavy atom. The third kappa shape index (κ3) is 3.74. The fraction of sp³-hybridized carbons (Fsp3) is 0.792. The van der Waals surface area contributed by atoms with Crippen LogP contribution in [-0.4, -0.2) is 66.2 Å². The molecule has 0 saturated heterocycles. The highest BCUT2D eigenvalue weighted by molar-refractivity contribution is 5.89. The number of ether oxygens (including phenoxy) is 1. The molecule has 0 radical (unpaired) electrons.